The van der Waals surface area contributed by atoms with Crippen LogP contribution >= 0.6 is 0 Å². The van der Waals surface area contributed by atoms with Crippen molar-refractivity contribution in [3.8, 4) is 17.2 Å². The number of hydrogen-bond acceptors (Lipinski definition) is 6. The molecule has 1 heterocycles. The van der Waals surface area contributed by atoms with Gasteiger partial charge in [0.2, 0.25) is 17.2 Å². The Hall–Kier alpha value is -1.69. The first-order valence-electron chi connectivity index (χ1n) is 2.95. The molecule has 0 aromatic carbocycles. The maximum absolute atomic E-state index is 10.6. The summed E-state index contributed by atoms with van der Waals surface area (Å²) in [5.41, 5.74) is -1.21. The van der Waals surface area contributed by atoms with Gasteiger partial charge in [-0.25, -0.2) is 4.79 Å². The topological polar surface area (TPSA) is 111 Å². The molecule has 0 atom stereocenters. The summed E-state index contributed by atoms with van der Waals surface area (Å²) in [4.78, 5) is 10.6. The van der Waals surface area contributed by atoms with Gasteiger partial charge in [-0.3, -0.25) is 0 Å². The van der Waals surface area contributed by atoms with Gasteiger partial charge in [0, 0.05) is 0 Å². The van der Waals surface area contributed by atoms with Crippen molar-refractivity contribution in [3.05, 3.63) is 16.2 Å². The number of rotatable bonds is 1. The average molecular weight is 174 g/mol. The summed E-state index contributed by atoms with van der Waals surface area (Å²) in [5.74, 6) is -3.40. The van der Waals surface area contributed by atoms with Gasteiger partial charge >= 0.3 is 5.63 Å². The predicted molar refractivity (Wildman–Crippen MR) is 35.9 cm³/mol. The van der Waals surface area contributed by atoms with Crippen LogP contribution in [0, 0.1) is 0 Å². The fourth-order valence-corrected chi connectivity index (χ4v) is 0.657. The number of aromatic hydroxyl groups is 3. The summed E-state index contributed by atoms with van der Waals surface area (Å²) in [7, 11) is 0. The van der Waals surface area contributed by atoms with Crippen LogP contribution in [-0.4, -0.2) is 20.4 Å². The van der Waals surface area contributed by atoms with Crippen LogP contribution in [0.2, 0.25) is 0 Å². The van der Waals surface area contributed by atoms with Gasteiger partial charge in [0.25, 0.3) is 0 Å². The molecule has 0 radical (unpaired) electrons. The van der Waals surface area contributed by atoms with Gasteiger partial charge in [-0.2, -0.15) is 0 Å². The van der Waals surface area contributed by atoms with Crippen molar-refractivity contribution in [2.75, 3.05) is 0 Å². The van der Waals surface area contributed by atoms with E-state index in [4.69, 9.17) is 20.4 Å². The molecule has 0 saturated carbocycles. The van der Waals surface area contributed by atoms with E-state index in [0.717, 1.165) is 0 Å². The molecule has 12 heavy (non-hydrogen) atoms. The molecule has 1 aromatic rings. The van der Waals surface area contributed by atoms with Gasteiger partial charge in [0.1, 0.15) is 6.61 Å². The molecule has 0 bridgehead atoms. The zero-order valence-electron chi connectivity index (χ0n) is 5.81. The van der Waals surface area contributed by atoms with Crippen LogP contribution in [0.25, 0.3) is 0 Å². The van der Waals surface area contributed by atoms with Gasteiger partial charge < -0.3 is 24.8 Å². The molecule has 0 aliphatic carbocycles. The molecule has 0 amide bonds. The highest BCUT2D eigenvalue weighted by Gasteiger charge is 2.16. The second kappa shape index (κ2) is 2.74. The lowest BCUT2D eigenvalue weighted by molar-refractivity contribution is 0.219. The first-order valence-corrected chi connectivity index (χ1v) is 2.95. The minimum Gasteiger partial charge on any atom is -0.502 e. The van der Waals surface area contributed by atoms with Crippen LogP contribution in [0.1, 0.15) is 5.76 Å². The third-order valence-electron chi connectivity index (χ3n) is 1.27. The van der Waals surface area contributed by atoms with Crippen molar-refractivity contribution in [1.82, 2.24) is 0 Å². The monoisotopic (exact) mass is 174 g/mol. The Labute approximate surface area is 65.9 Å². The summed E-state index contributed by atoms with van der Waals surface area (Å²) < 4.78 is 4.20. The van der Waals surface area contributed by atoms with Crippen molar-refractivity contribution in [1.29, 1.82) is 0 Å². The van der Waals surface area contributed by atoms with E-state index in [0.29, 0.717) is 0 Å². The van der Waals surface area contributed by atoms with Gasteiger partial charge in [0.05, 0.1) is 0 Å². The minimum atomic E-state index is -1.21. The predicted octanol–water partition coefficient (Wildman–Crippen LogP) is -0.751. The summed E-state index contributed by atoms with van der Waals surface area (Å²) in [6.07, 6.45) is 0. The smallest absolute Gasteiger partial charge is 0.382 e. The zero-order valence-corrected chi connectivity index (χ0v) is 5.81. The van der Waals surface area contributed by atoms with Gasteiger partial charge in [-0.1, -0.05) is 0 Å². The molecule has 0 unspecified atom stereocenters. The molecule has 66 valence electrons. The maximum Gasteiger partial charge on any atom is 0.382 e. The lowest BCUT2D eigenvalue weighted by Gasteiger charge is -2.01. The van der Waals surface area contributed by atoms with Crippen molar-refractivity contribution < 1.29 is 24.8 Å². The van der Waals surface area contributed by atoms with Crippen LogP contribution in [0.15, 0.2) is 9.21 Å². The van der Waals surface area contributed by atoms with Crippen LogP contribution in [0.3, 0.4) is 0 Å². The highest BCUT2D eigenvalue weighted by Crippen LogP contribution is 2.33. The molecule has 6 nitrogen and oxygen atoms in total. The summed E-state index contributed by atoms with van der Waals surface area (Å²) in [6.45, 7) is -0.741. The average Bonchev–Trinajstić information content (AvgIpc) is 2.08. The number of aliphatic hydroxyl groups is 1. The quantitative estimate of drug-likeness (QED) is 0.445. The Kier molecular flexibility index (Phi) is 1.92. The van der Waals surface area contributed by atoms with Crippen LogP contribution in [0.5, 0.6) is 17.2 Å². The molecular formula is C6H6O6. The van der Waals surface area contributed by atoms with Gasteiger partial charge in [0.15, 0.2) is 5.76 Å². The SMILES string of the molecule is O=c1oc(CO)c(O)c(O)c1O. The first-order chi connectivity index (χ1) is 5.57. The molecule has 6 heteroatoms. The lowest BCUT2D eigenvalue weighted by Crippen LogP contribution is -2.01. The number of hydrogen-bond donors (Lipinski definition) is 4. The highest BCUT2D eigenvalue weighted by molar-refractivity contribution is 5.47. The fourth-order valence-electron chi connectivity index (χ4n) is 0.657. The van der Waals surface area contributed by atoms with E-state index in [1.54, 1.807) is 0 Å². The van der Waals surface area contributed by atoms with E-state index >= 15 is 0 Å². The van der Waals surface area contributed by atoms with Crippen LogP contribution < -0.4 is 5.63 Å². The van der Waals surface area contributed by atoms with E-state index in [9.17, 15) is 4.79 Å². The standard InChI is InChI=1S/C6H6O6/c7-1-2-3(8)4(9)5(10)6(11)12-2/h7-10H,1H2. The molecule has 4 N–H and O–H groups in total. The van der Waals surface area contributed by atoms with E-state index in [1.165, 1.54) is 0 Å². The van der Waals surface area contributed by atoms with E-state index in [1.807, 2.05) is 0 Å². The molecule has 0 aliphatic rings. The Morgan fingerprint density at radius 3 is 2.17 bits per heavy atom. The van der Waals surface area contributed by atoms with Crippen molar-refractivity contribution in [3.63, 3.8) is 0 Å². The summed E-state index contributed by atoms with van der Waals surface area (Å²) in [5, 5.41) is 34.9. The van der Waals surface area contributed by atoms with E-state index < -0.39 is 35.2 Å². The fraction of sp³-hybridized carbons (Fsp3) is 0.167. The van der Waals surface area contributed by atoms with Crippen LogP contribution in [-0.2, 0) is 6.61 Å². The molecule has 1 aromatic heterocycles. The van der Waals surface area contributed by atoms with Crippen molar-refractivity contribution in [2.45, 2.75) is 6.61 Å². The molecule has 0 saturated heterocycles. The summed E-state index contributed by atoms with van der Waals surface area (Å²) >= 11 is 0. The highest BCUT2D eigenvalue weighted by atomic mass is 16.4. The lowest BCUT2D eigenvalue weighted by atomic mass is 10.3. The van der Waals surface area contributed by atoms with E-state index in [-0.39, 0.29) is 0 Å². The second-order valence-electron chi connectivity index (χ2n) is 2.02. The maximum atomic E-state index is 10.6. The van der Waals surface area contributed by atoms with Crippen molar-refractivity contribution >= 4 is 0 Å². The molecule has 0 aliphatic heterocycles. The summed E-state index contributed by atoms with van der Waals surface area (Å²) in [6, 6.07) is 0. The Bertz CT molecular complexity index is 352. The third kappa shape index (κ3) is 1.08. The Morgan fingerprint density at radius 2 is 1.67 bits per heavy atom. The molecule has 0 spiro atoms. The zero-order chi connectivity index (χ0) is 9.30. The van der Waals surface area contributed by atoms with Crippen molar-refractivity contribution in [2.24, 2.45) is 0 Å². The van der Waals surface area contributed by atoms with Crippen LogP contribution in [0.4, 0.5) is 0 Å². The van der Waals surface area contributed by atoms with E-state index in [2.05, 4.69) is 4.42 Å². The first kappa shape index (κ1) is 8.41. The largest absolute Gasteiger partial charge is 0.502 e. The minimum absolute atomic E-state index is 0.490. The normalized spacial score (nSPS) is 10.1. The molecule has 1 rings (SSSR count). The van der Waals surface area contributed by atoms with Gasteiger partial charge in [-0.15, -0.1) is 0 Å². The Morgan fingerprint density at radius 1 is 1.08 bits per heavy atom. The Balaban J connectivity index is 3.50. The molecular weight excluding hydrogens is 168 g/mol. The van der Waals surface area contributed by atoms with Gasteiger partial charge in [-0.05, 0) is 0 Å². The molecule has 0 fully saturated rings. The third-order valence-corrected chi connectivity index (χ3v) is 1.27. The number of aliphatic hydroxyl groups excluding tert-OH is 1. The second-order valence-corrected chi connectivity index (χ2v) is 2.02.